The van der Waals surface area contributed by atoms with Crippen molar-refractivity contribution in [1.82, 2.24) is 0 Å². The summed E-state index contributed by atoms with van der Waals surface area (Å²) < 4.78 is 0. The van der Waals surface area contributed by atoms with Crippen LogP contribution in [-0.4, -0.2) is 12.3 Å². The molecule has 1 unspecified atom stereocenters. The highest BCUT2D eigenvalue weighted by molar-refractivity contribution is 7.98. The monoisotopic (exact) mass is 235 g/mol. The zero-order chi connectivity index (χ0) is 11.6. The first-order chi connectivity index (χ1) is 7.63. The van der Waals surface area contributed by atoms with E-state index in [4.69, 9.17) is 0 Å². The van der Waals surface area contributed by atoms with Gasteiger partial charge in [0.2, 0.25) is 0 Å². The van der Waals surface area contributed by atoms with Gasteiger partial charge in [-0.3, -0.25) is 0 Å². The summed E-state index contributed by atoms with van der Waals surface area (Å²) in [5, 5.41) is 3.73. The number of benzene rings is 1. The molecule has 2 heteroatoms. The maximum absolute atomic E-state index is 3.73. The number of hydrogen-bond acceptors (Lipinski definition) is 2. The molecule has 0 heterocycles. The van der Waals surface area contributed by atoms with Crippen molar-refractivity contribution in [3.05, 3.63) is 24.3 Å². The van der Waals surface area contributed by atoms with E-state index in [9.17, 15) is 0 Å². The predicted molar refractivity (Wildman–Crippen MR) is 73.3 cm³/mol. The first kappa shape index (κ1) is 11.8. The Kier molecular flexibility index (Phi) is 3.48. The largest absolute Gasteiger partial charge is 0.381 e. The fourth-order valence-electron chi connectivity index (χ4n) is 2.55. The smallest absolute Gasteiger partial charge is 0.0480 e. The van der Waals surface area contributed by atoms with Crippen LogP contribution in [0.25, 0.3) is 0 Å². The van der Waals surface area contributed by atoms with Crippen molar-refractivity contribution in [2.24, 2.45) is 5.41 Å². The molecule has 1 aromatic carbocycles. The van der Waals surface area contributed by atoms with Crippen LogP contribution in [0.4, 0.5) is 5.69 Å². The molecule has 1 N–H and O–H groups in total. The fourth-order valence-corrected chi connectivity index (χ4v) is 3.11. The Bertz CT molecular complexity index is 360. The maximum Gasteiger partial charge on any atom is 0.0480 e. The van der Waals surface area contributed by atoms with E-state index < -0.39 is 0 Å². The number of anilines is 1. The molecule has 1 aliphatic rings. The third-order valence-electron chi connectivity index (χ3n) is 3.69. The molecule has 0 bridgehead atoms. The Morgan fingerprint density at radius 3 is 2.69 bits per heavy atom. The molecule has 1 aliphatic carbocycles. The number of rotatable bonds is 3. The lowest BCUT2D eigenvalue weighted by Gasteiger charge is -2.29. The predicted octanol–water partition coefficient (Wildman–Crippen LogP) is 4.40. The van der Waals surface area contributed by atoms with Gasteiger partial charge in [0.05, 0.1) is 0 Å². The highest BCUT2D eigenvalue weighted by Gasteiger charge is 2.34. The Morgan fingerprint density at radius 2 is 2.06 bits per heavy atom. The summed E-state index contributed by atoms with van der Waals surface area (Å²) in [5.41, 5.74) is 1.74. The molecule has 0 spiro atoms. The van der Waals surface area contributed by atoms with Crippen LogP contribution in [0, 0.1) is 5.41 Å². The third-order valence-corrected chi connectivity index (χ3v) is 4.49. The van der Waals surface area contributed by atoms with Crippen molar-refractivity contribution in [3.8, 4) is 0 Å². The van der Waals surface area contributed by atoms with Gasteiger partial charge in [0.15, 0.2) is 0 Å². The van der Waals surface area contributed by atoms with Gasteiger partial charge in [-0.15, -0.1) is 11.8 Å². The zero-order valence-corrected chi connectivity index (χ0v) is 11.2. The fraction of sp³-hybridized carbons (Fsp3) is 0.571. The minimum Gasteiger partial charge on any atom is -0.381 e. The summed E-state index contributed by atoms with van der Waals surface area (Å²) in [6.45, 7) is 4.75. The van der Waals surface area contributed by atoms with E-state index in [1.54, 1.807) is 0 Å². The summed E-state index contributed by atoms with van der Waals surface area (Å²) in [4.78, 5) is 1.35. The SMILES string of the molecule is CSc1ccccc1NC1CCCC1(C)C. The third kappa shape index (κ3) is 2.37. The average molecular weight is 235 g/mol. The summed E-state index contributed by atoms with van der Waals surface area (Å²) >= 11 is 1.82. The van der Waals surface area contributed by atoms with Gasteiger partial charge >= 0.3 is 0 Å². The van der Waals surface area contributed by atoms with Gasteiger partial charge in [0.1, 0.15) is 0 Å². The van der Waals surface area contributed by atoms with E-state index in [0.717, 1.165) is 0 Å². The van der Waals surface area contributed by atoms with Crippen molar-refractivity contribution in [2.45, 2.75) is 44.0 Å². The number of thioether (sulfide) groups is 1. The molecule has 16 heavy (non-hydrogen) atoms. The van der Waals surface area contributed by atoms with Crippen molar-refractivity contribution < 1.29 is 0 Å². The Morgan fingerprint density at radius 1 is 1.31 bits per heavy atom. The van der Waals surface area contributed by atoms with E-state index in [1.807, 2.05) is 11.8 Å². The molecular formula is C14H21NS. The van der Waals surface area contributed by atoms with Crippen LogP contribution in [0.5, 0.6) is 0 Å². The molecule has 0 saturated heterocycles. The van der Waals surface area contributed by atoms with Crippen LogP contribution < -0.4 is 5.32 Å². The van der Waals surface area contributed by atoms with Crippen LogP contribution in [0.1, 0.15) is 33.1 Å². The maximum atomic E-state index is 3.73. The lowest BCUT2D eigenvalue weighted by Crippen LogP contribution is -2.30. The molecule has 1 fully saturated rings. The highest BCUT2D eigenvalue weighted by atomic mass is 32.2. The van der Waals surface area contributed by atoms with E-state index >= 15 is 0 Å². The molecule has 0 radical (unpaired) electrons. The normalized spacial score (nSPS) is 23.3. The van der Waals surface area contributed by atoms with E-state index in [-0.39, 0.29) is 0 Å². The summed E-state index contributed by atoms with van der Waals surface area (Å²) in [5.74, 6) is 0. The molecule has 1 nitrogen and oxygen atoms in total. The van der Waals surface area contributed by atoms with Crippen LogP contribution in [0.15, 0.2) is 29.2 Å². The van der Waals surface area contributed by atoms with Crippen LogP contribution in [0.3, 0.4) is 0 Å². The summed E-state index contributed by atoms with van der Waals surface area (Å²) in [6.07, 6.45) is 6.13. The Labute approximate surface area is 103 Å². The second-order valence-corrected chi connectivity index (χ2v) is 6.13. The standard InChI is InChI=1S/C14H21NS/c1-14(2)10-6-9-13(14)15-11-7-4-5-8-12(11)16-3/h4-5,7-8,13,15H,6,9-10H2,1-3H3. The van der Waals surface area contributed by atoms with Gasteiger partial charge in [-0.2, -0.15) is 0 Å². The first-order valence-electron chi connectivity index (χ1n) is 6.03. The minimum absolute atomic E-state index is 0.436. The van der Waals surface area contributed by atoms with Gasteiger partial charge in [0.25, 0.3) is 0 Å². The lowest BCUT2D eigenvalue weighted by molar-refractivity contribution is 0.349. The molecule has 0 aromatic heterocycles. The van der Waals surface area contributed by atoms with E-state index in [2.05, 4.69) is 49.7 Å². The first-order valence-corrected chi connectivity index (χ1v) is 7.25. The van der Waals surface area contributed by atoms with Gasteiger partial charge in [-0.1, -0.05) is 32.4 Å². The minimum atomic E-state index is 0.436. The van der Waals surface area contributed by atoms with Crippen molar-refractivity contribution >= 4 is 17.4 Å². The second-order valence-electron chi connectivity index (χ2n) is 5.28. The molecule has 0 amide bonds. The molecular weight excluding hydrogens is 214 g/mol. The molecule has 1 aromatic rings. The van der Waals surface area contributed by atoms with E-state index in [0.29, 0.717) is 11.5 Å². The van der Waals surface area contributed by atoms with E-state index in [1.165, 1.54) is 29.8 Å². The van der Waals surface area contributed by atoms with Crippen molar-refractivity contribution in [3.63, 3.8) is 0 Å². The van der Waals surface area contributed by atoms with Gasteiger partial charge in [-0.05, 0) is 36.6 Å². The number of para-hydroxylation sites is 1. The quantitative estimate of drug-likeness (QED) is 0.779. The summed E-state index contributed by atoms with van der Waals surface area (Å²) in [7, 11) is 0. The number of hydrogen-bond donors (Lipinski definition) is 1. The number of nitrogens with one attached hydrogen (secondary N) is 1. The van der Waals surface area contributed by atoms with Crippen LogP contribution in [0.2, 0.25) is 0 Å². The summed E-state index contributed by atoms with van der Waals surface area (Å²) in [6, 6.07) is 9.23. The molecule has 1 atom stereocenters. The Balaban J connectivity index is 2.14. The molecule has 88 valence electrons. The van der Waals surface area contributed by atoms with Crippen molar-refractivity contribution in [1.29, 1.82) is 0 Å². The second kappa shape index (κ2) is 4.70. The Hall–Kier alpha value is -0.630. The molecule has 1 saturated carbocycles. The highest BCUT2D eigenvalue weighted by Crippen LogP contribution is 2.40. The molecule has 0 aliphatic heterocycles. The average Bonchev–Trinajstić information content (AvgIpc) is 2.59. The van der Waals surface area contributed by atoms with Crippen molar-refractivity contribution in [2.75, 3.05) is 11.6 Å². The zero-order valence-electron chi connectivity index (χ0n) is 10.4. The lowest BCUT2D eigenvalue weighted by atomic mass is 9.87. The topological polar surface area (TPSA) is 12.0 Å². The van der Waals surface area contributed by atoms with Gasteiger partial charge in [-0.25, -0.2) is 0 Å². The van der Waals surface area contributed by atoms with Crippen LogP contribution in [-0.2, 0) is 0 Å². The van der Waals surface area contributed by atoms with Gasteiger partial charge < -0.3 is 5.32 Å². The molecule has 2 rings (SSSR count). The van der Waals surface area contributed by atoms with Gasteiger partial charge in [0, 0.05) is 16.6 Å². The van der Waals surface area contributed by atoms with Crippen LogP contribution >= 0.6 is 11.8 Å².